The van der Waals surface area contributed by atoms with E-state index in [1.54, 1.807) is 25.1 Å². The van der Waals surface area contributed by atoms with E-state index in [1.165, 1.54) is 16.2 Å². The van der Waals surface area contributed by atoms with Gasteiger partial charge in [-0.15, -0.1) is 11.3 Å². The number of hydrogen-bond acceptors (Lipinski definition) is 5. The van der Waals surface area contributed by atoms with Gasteiger partial charge in [0.05, 0.1) is 24.3 Å². The third kappa shape index (κ3) is 4.69. The van der Waals surface area contributed by atoms with E-state index < -0.39 is 0 Å². The number of nitrogens with one attached hydrogen (secondary N) is 1. The van der Waals surface area contributed by atoms with Gasteiger partial charge in [-0.05, 0) is 62.1 Å². The topological polar surface area (TPSA) is 64.6 Å². The molecule has 0 fully saturated rings. The molecular weight excluding hydrogens is 398 g/mol. The highest BCUT2D eigenvalue weighted by molar-refractivity contribution is 7.17. The van der Waals surface area contributed by atoms with Crippen LogP contribution in [0.3, 0.4) is 0 Å². The molecule has 5 nitrogen and oxygen atoms in total. The Labute approximate surface area is 182 Å². The Morgan fingerprint density at radius 1 is 1.17 bits per heavy atom. The second-order valence-corrected chi connectivity index (χ2v) is 9.72. The Morgan fingerprint density at radius 2 is 1.90 bits per heavy atom. The van der Waals surface area contributed by atoms with Gasteiger partial charge in [-0.2, -0.15) is 0 Å². The molecule has 2 aromatic rings. The molecule has 3 rings (SSSR count). The summed E-state index contributed by atoms with van der Waals surface area (Å²) in [6.07, 6.45) is 2.77. The summed E-state index contributed by atoms with van der Waals surface area (Å²) in [6.45, 7) is 11.2. The summed E-state index contributed by atoms with van der Waals surface area (Å²) in [5, 5.41) is 3.55. The van der Waals surface area contributed by atoms with Crippen LogP contribution in [-0.2, 0) is 17.6 Å². The van der Waals surface area contributed by atoms with Crippen molar-refractivity contribution in [3.05, 3.63) is 45.8 Å². The summed E-state index contributed by atoms with van der Waals surface area (Å²) >= 11 is 1.50. The van der Waals surface area contributed by atoms with Crippen molar-refractivity contribution < 1.29 is 19.1 Å². The molecule has 162 valence electrons. The van der Waals surface area contributed by atoms with Crippen LogP contribution >= 0.6 is 11.3 Å². The fourth-order valence-electron chi connectivity index (χ4n) is 3.94. The average molecular weight is 430 g/mol. The molecule has 0 unspecified atom stereocenters. The normalized spacial score (nSPS) is 16.0. The quantitative estimate of drug-likeness (QED) is 0.596. The fraction of sp³-hybridized carbons (Fsp3) is 0.500. The average Bonchev–Trinajstić information content (AvgIpc) is 3.05. The lowest BCUT2D eigenvalue weighted by Crippen LogP contribution is -2.26. The van der Waals surface area contributed by atoms with E-state index in [9.17, 15) is 9.59 Å². The molecule has 1 N–H and O–H groups in total. The van der Waals surface area contributed by atoms with Gasteiger partial charge in [-0.3, -0.25) is 4.79 Å². The minimum atomic E-state index is -0.363. The first-order valence-corrected chi connectivity index (χ1v) is 11.4. The molecule has 0 spiro atoms. The number of carbonyl (C=O) groups excluding carboxylic acids is 2. The first-order chi connectivity index (χ1) is 14.3. The lowest BCUT2D eigenvalue weighted by atomic mass is 9.72. The number of para-hydroxylation sites is 1. The molecule has 6 heteroatoms. The van der Waals surface area contributed by atoms with Gasteiger partial charge in [0.15, 0.2) is 0 Å². The molecule has 1 aliphatic carbocycles. The Bertz CT molecular complexity index is 926. The maximum Gasteiger partial charge on any atom is 0.341 e. The minimum Gasteiger partial charge on any atom is -0.493 e. The summed E-state index contributed by atoms with van der Waals surface area (Å²) in [6, 6.07) is 7.14. The van der Waals surface area contributed by atoms with Gasteiger partial charge in [0.1, 0.15) is 10.8 Å². The molecule has 0 saturated heterocycles. The zero-order chi connectivity index (χ0) is 21.9. The number of esters is 1. The summed E-state index contributed by atoms with van der Waals surface area (Å²) in [4.78, 5) is 27.0. The van der Waals surface area contributed by atoms with Gasteiger partial charge >= 0.3 is 5.97 Å². The predicted molar refractivity (Wildman–Crippen MR) is 121 cm³/mol. The van der Waals surface area contributed by atoms with Gasteiger partial charge in [0.25, 0.3) is 5.91 Å². The van der Waals surface area contributed by atoms with Crippen LogP contribution in [0.5, 0.6) is 5.75 Å². The zero-order valence-corrected chi connectivity index (χ0v) is 19.3. The predicted octanol–water partition coefficient (Wildman–Crippen LogP) is 5.73. The summed E-state index contributed by atoms with van der Waals surface area (Å²) in [5.74, 6) is 0.429. The van der Waals surface area contributed by atoms with E-state index in [4.69, 9.17) is 9.47 Å². The van der Waals surface area contributed by atoms with Crippen molar-refractivity contribution >= 4 is 28.2 Å². The maximum absolute atomic E-state index is 13.0. The van der Waals surface area contributed by atoms with E-state index in [-0.39, 0.29) is 17.3 Å². The van der Waals surface area contributed by atoms with Crippen LogP contribution < -0.4 is 10.1 Å². The van der Waals surface area contributed by atoms with E-state index in [0.29, 0.717) is 41.0 Å². The van der Waals surface area contributed by atoms with Crippen molar-refractivity contribution in [3.8, 4) is 5.75 Å². The number of anilines is 1. The summed E-state index contributed by atoms with van der Waals surface area (Å²) < 4.78 is 10.9. The smallest absolute Gasteiger partial charge is 0.341 e. The summed E-state index contributed by atoms with van der Waals surface area (Å²) in [7, 11) is 0. The number of carbonyl (C=O) groups is 2. The Morgan fingerprint density at radius 3 is 2.57 bits per heavy atom. The number of hydrogen-bond donors (Lipinski definition) is 1. The van der Waals surface area contributed by atoms with E-state index in [2.05, 4.69) is 26.1 Å². The molecule has 0 saturated carbocycles. The van der Waals surface area contributed by atoms with Gasteiger partial charge in [-0.25, -0.2) is 4.79 Å². The Balaban J connectivity index is 1.95. The van der Waals surface area contributed by atoms with Crippen LogP contribution in [0.15, 0.2) is 24.3 Å². The standard InChI is InChI=1S/C24H31NO4S/c1-6-28-18-11-9-8-10-16(18)21(26)25-22-20(23(27)29-7-2)17-13-12-15(24(3,4)5)14-19(17)30-22/h8-11,15H,6-7,12-14H2,1-5H3,(H,25,26)/t15-/m0/s1. The highest BCUT2D eigenvalue weighted by atomic mass is 32.1. The van der Waals surface area contributed by atoms with Crippen LogP contribution in [0.4, 0.5) is 5.00 Å². The Hall–Kier alpha value is -2.34. The second kappa shape index (κ2) is 9.21. The fourth-order valence-corrected chi connectivity index (χ4v) is 5.25. The van der Waals surface area contributed by atoms with Crippen LogP contribution in [0.25, 0.3) is 0 Å². The first-order valence-electron chi connectivity index (χ1n) is 10.6. The molecule has 0 aliphatic heterocycles. The molecule has 1 amide bonds. The Kier molecular flexibility index (Phi) is 6.86. The third-order valence-electron chi connectivity index (χ3n) is 5.63. The molecule has 0 radical (unpaired) electrons. The lowest BCUT2D eigenvalue weighted by Gasteiger charge is -2.33. The molecule has 1 aliphatic rings. The van der Waals surface area contributed by atoms with E-state index in [0.717, 1.165) is 24.8 Å². The van der Waals surface area contributed by atoms with Crippen LogP contribution in [0.2, 0.25) is 0 Å². The highest BCUT2D eigenvalue weighted by Gasteiger charge is 2.34. The van der Waals surface area contributed by atoms with Gasteiger partial charge in [0, 0.05) is 4.88 Å². The van der Waals surface area contributed by atoms with Crippen molar-refractivity contribution in [2.24, 2.45) is 11.3 Å². The van der Waals surface area contributed by atoms with Crippen molar-refractivity contribution in [1.29, 1.82) is 0 Å². The maximum atomic E-state index is 13.0. The number of fused-ring (bicyclic) bond motifs is 1. The number of thiophene rings is 1. The van der Waals surface area contributed by atoms with E-state index >= 15 is 0 Å². The molecule has 1 aromatic carbocycles. The molecule has 0 bridgehead atoms. The number of rotatable bonds is 6. The lowest BCUT2D eigenvalue weighted by molar-refractivity contribution is 0.0526. The van der Waals surface area contributed by atoms with E-state index in [1.807, 2.05) is 13.0 Å². The molecule has 30 heavy (non-hydrogen) atoms. The van der Waals surface area contributed by atoms with Crippen LogP contribution in [0.1, 0.15) is 72.2 Å². The van der Waals surface area contributed by atoms with Crippen LogP contribution in [0, 0.1) is 11.3 Å². The molecule has 1 heterocycles. The second-order valence-electron chi connectivity index (χ2n) is 8.62. The van der Waals surface area contributed by atoms with Crippen molar-refractivity contribution in [2.75, 3.05) is 18.5 Å². The van der Waals surface area contributed by atoms with Crippen molar-refractivity contribution in [3.63, 3.8) is 0 Å². The van der Waals surface area contributed by atoms with Gasteiger partial charge in [-0.1, -0.05) is 32.9 Å². The van der Waals surface area contributed by atoms with Gasteiger partial charge in [0.2, 0.25) is 0 Å². The third-order valence-corrected chi connectivity index (χ3v) is 6.80. The first kappa shape index (κ1) is 22.3. The number of ether oxygens (including phenoxy) is 2. The number of benzene rings is 1. The SMILES string of the molecule is CCOC(=O)c1c(NC(=O)c2ccccc2OCC)sc2c1CC[C@H](C(C)(C)C)C2. The zero-order valence-electron chi connectivity index (χ0n) is 18.5. The monoisotopic (exact) mass is 429 g/mol. The number of amides is 1. The molecule has 1 aromatic heterocycles. The van der Waals surface area contributed by atoms with Gasteiger partial charge < -0.3 is 14.8 Å². The summed E-state index contributed by atoms with van der Waals surface area (Å²) in [5.41, 5.74) is 2.21. The molecule has 1 atom stereocenters. The van der Waals surface area contributed by atoms with Crippen molar-refractivity contribution in [1.82, 2.24) is 0 Å². The highest BCUT2D eigenvalue weighted by Crippen LogP contribution is 2.44. The molecular formula is C24H31NO4S. The largest absolute Gasteiger partial charge is 0.493 e. The van der Waals surface area contributed by atoms with Crippen molar-refractivity contribution in [2.45, 2.75) is 53.9 Å². The van der Waals surface area contributed by atoms with Crippen LogP contribution in [-0.4, -0.2) is 25.1 Å². The minimum absolute atomic E-state index is 0.200.